The first-order valence-electron chi connectivity index (χ1n) is 9.74. The molecule has 2 aromatic carbocycles. The van der Waals surface area contributed by atoms with E-state index in [9.17, 15) is 5.11 Å². The van der Waals surface area contributed by atoms with Crippen LogP contribution in [0.25, 0.3) is 0 Å². The van der Waals surface area contributed by atoms with Crippen LogP contribution in [0.3, 0.4) is 0 Å². The minimum absolute atomic E-state index is 0.267. The number of nitrogens with zero attached hydrogens (tertiary/aromatic N) is 3. The number of benzene rings is 2. The SMILES string of the molecule is CN=C(NCCc1ccc(OC)cc1O)N1CCN(c2cccc(C)c2)CC1. The average Bonchev–Trinajstić information content (AvgIpc) is 2.72. The summed E-state index contributed by atoms with van der Waals surface area (Å²) in [5.41, 5.74) is 3.48. The summed E-state index contributed by atoms with van der Waals surface area (Å²) in [5.74, 6) is 1.84. The quantitative estimate of drug-likeness (QED) is 0.615. The fraction of sp³-hybridized carbons (Fsp3) is 0.409. The van der Waals surface area contributed by atoms with Crippen molar-refractivity contribution in [2.45, 2.75) is 13.3 Å². The van der Waals surface area contributed by atoms with E-state index in [4.69, 9.17) is 4.74 Å². The molecule has 2 aromatic rings. The Bertz CT molecular complexity index is 814. The molecular weight excluding hydrogens is 352 g/mol. The summed E-state index contributed by atoms with van der Waals surface area (Å²) in [6.07, 6.45) is 0.720. The van der Waals surface area contributed by atoms with E-state index in [-0.39, 0.29) is 5.75 Å². The smallest absolute Gasteiger partial charge is 0.193 e. The van der Waals surface area contributed by atoms with E-state index in [2.05, 4.69) is 51.3 Å². The molecule has 0 amide bonds. The highest BCUT2D eigenvalue weighted by molar-refractivity contribution is 5.80. The van der Waals surface area contributed by atoms with E-state index in [1.165, 1.54) is 11.3 Å². The van der Waals surface area contributed by atoms with Crippen LogP contribution in [0.4, 0.5) is 5.69 Å². The molecule has 1 heterocycles. The van der Waals surface area contributed by atoms with Gasteiger partial charge in [0, 0.05) is 51.5 Å². The second-order valence-corrected chi connectivity index (χ2v) is 7.03. The van der Waals surface area contributed by atoms with E-state index < -0.39 is 0 Å². The lowest BCUT2D eigenvalue weighted by molar-refractivity contribution is 0.372. The summed E-state index contributed by atoms with van der Waals surface area (Å²) in [4.78, 5) is 9.15. The second-order valence-electron chi connectivity index (χ2n) is 7.03. The molecule has 1 saturated heterocycles. The molecule has 3 rings (SSSR count). The number of guanidine groups is 1. The zero-order valence-electron chi connectivity index (χ0n) is 17.0. The maximum Gasteiger partial charge on any atom is 0.193 e. The number of methoxy groups -OCH3 is 1. The fourth-order valence-electron chi connectivity index (χ4n) is 3.52. The number of nitrogens with one attached hydrogen (secondary N) is 1. The predicted molar refractivity (Wildman–Crippen MR) is 115 cm³/mol. The average molecular weight is 383 g/mol. The third kappa shape index (κ3) is 4.88. The van der Waals surface area contributed by atoms with Crippen LogP contribution in [0, 0.1) is 6.92 Å². The third-order valence-corrected chi connectivity index (χ3v) is 5.13. The minimum Gasteiger partial charge on any atom is -0.508 e. The van der Waals surface area contributed by atoms with Gasteiger partial charge in [-0.15, -0.1) is 0 Å². The Balaban J connectivity index is 1.50. The van der Waals surface area contributed by atoms with Gasteiger partial charge in [0.05, 0.1) is 7.11 Å². The predicted octanol–water partition coefficient (Wildman–Crippen LogP) is 2.65. The molecular formula is C22H30N4O2. The van der Waals surface area contributed by atoms with Gasteiger partial charge in [-0.2, -0.15) is 0 Å². The van der Waals surface area contributed by atoms with Crippen molar-refractivity contribution in [1.29, 1.82) is 0 Å². The van der Waals surface area contributed by atoms with Gasteiger partial charge >= 0.3 is 0 Å². The highest BCUT2D eigenvalue weighted by Gasteiger charge is 2.19. The van der Waals surface area contributed by atoms with Crippen molar-refractivity contribution in [1.82, 2.24) is 10.2 Å². The Hall–Kier alpha value is -2.89. The van der Waals surface area contributed by atoms with Crippen LogP contribution in [0.1, 0.15) is 11.1 Å². The molecule has 150 valence electrons. The number of phenolic OH excluding ortho intramolecular Hbond substituents is 1. The van der Waals surface area contributed by atoms with Crippen molar-refractivity contribution >= 4 is 11.6 Å². The number of phenols is 1. The largest absolute Gasteiger partial charge is 0.508 e. The number of aryl methyl sites for hydroxylation is 1. The summed E-state index contributed by atoms with van der Waals surface area (Å²) >= 11 is 0. The number of hydrogen-bond acceptors (Lipinski definition) is 4. The highest BCUT2D eigenvalue weighted by Crippen LogP contribution is 2.23. The van der Waals surface area contributed by atoms with Gasteiger partial charge < -0.3 is 25.0 Å². The van der Waals surface area contributed by atoms with E-state index >= 15 is 0 Å². The fourth-order valence-corrected chi connectivity index (χ4v) is 3.52. The van der Waals surface area contributed by atoms with Gasteiger partial charge in [-0.3, -0.25) is 4.99 Å². The van der Waals surface area contributed by atoms with Crippen LogP contribution in [0.2, 0.25) is 0 Å². The molecule has 1 aliphatic heterocycles. The van der Waals surface area contributed by atoms with Crippen molar-refractivity contribution < 1.29 is 9.84 Å². The zero-order chi connectivity index (χ0) is 19.9. The first-order valence-corrected chi connectivity index (χ1v) is 9.74. The summed E-state index contributed by atoms with van der Waals surface area (Å²) in [5, 5.41) is 13.5. The molecule has 0 spiro atoms. The lowest BCUT2D eigenvalue weighted by Gasteiger charge is -2.37. The van der Waals surface area contributed by atoms with Crippen LogP contribution in [0.15, 0.2) is 47.5 Å². The Morgan fingerprint density at radius 2 is 1.93 bits per heavy atom. The number of aromatic hydroxyl groups is 1. The molecule has 0 saturated carbocycles. The second kappa shape index (κ2) is 9.35. The molecule has 0 aliphatic carbocycles. The first-order chi connectivity index (χ1) is 13.6. The van der Waals surface area contributed by atoms with Crippen molar-refractivity contribution in [3.05, 3.63) is 53.6 Å². The van der Waals surface area contributed by atoms with Gasteiger partial charge in [0.25, 0.3) is 0 Å². The maximum absolute atomic E-state index is 10.1. The molecule has 1 aliphatic rings. The van der Waals surface area contributed by atoms with Gasteiger partial charge in [0.1, 0.15) is 11.5 Å². The number of hydrogen-bond donors (Lipinski definition) is 2. The van der Waals surface area contributed by atoms with Gasteiger partial charge in [-0.1, -0.05) is 18.2 Å². The molecule has 6 heteroatoms. The lowest BCUT2D eigenvalue weighted by atomic mass is 10.1. The number of aliphatic imine (C=N–C) groups is 1. The molecule has 0 unspecified atom stereocenters. The van der Waals surface area contributed by atoms with E-state index in [1.807, 2.05) is 19.2 Å². The molecule has 0 atom stereocenters. The summed E-state index contributed by atoms with van der Waals surface area (Å²) in [6, 6.07) is 14.1. The van der Waals surface area contributed by atoms with Crippen LogP contribution < -0.4 is 15.0 Å². The zero-order valence-corrected chi connectivity index (χ0v) is 17.0. The van der Waals surface area contributed by atoms with Crippen molar-refractivity contribution in [3.63, 3.8) is 0 Å². The van der Waals surface area contributed by atoms with Gasteiger partial charge in [-0.05, 0) is 42.7 Å². The van der Waals surface area contributed by atoms with Gasteiger partial charge in [0.2, 0.25) is 0 Å². The molecule has 0 bridgehead atoms. The standard InChI is InChI=1S/C22H30N4O2/c1-17-5-4-6-19(15-17)25-11-13-26(14-12-25)22(23-2)24-10-9-18-7-8-20(28-3)16-21(18)27/h4-8,15-16,27H,9-14H2,1-3H3,(H,23,24). The highest BCUT2D eigenvalue weighted by atomic mass is 16.5. The van der Waals surface area contributed by atoms with Crippen LogP contribution in [0.5, 0.6) is 11.5 Å². The molecule has 28 heavy (non-hydrogen) atoms. The monoisotopic (exact) mass is 382 g/mol. The Morgan fingerprint density at radius 1 is 1.14 bits per heavy atom. The normalized spacial score (nSPS) is 14.9. The first kappa shape index (κ1) is 19.9. The number of piperazine rings is 1. The van der Waals surface area contributed by atoms with E-state index in [0.717, 1.165) is 44.1 Å². The molecule has 6 nitrogen and oxygen atoms in total. The molecule has 0 aromatic heterocycles. The number of rotatable bonds is 5. The number of anilines is 1. The molecule has 2 N–H and O–H groups in total. The van der Waals surface area contributed by atoms with Crippen molar-refractivity contribution in [3.8, 4) is 11.5 Å². The van der Waals surface area contributed by atoms with Gasteiger partial charge in [-0.25, -0.2) is 0 Å². The van der Waals surface area contributed by atoms with Gasteiger partial charge in [0.15, 0.2) is 5.96 Å². The van der Waals surface area contributed by atoms with E-state index in [1.54, 1.807) is 13.2 Å². The van der Waals surface area contributed by atoms with Crippen molar-refractivity contribution in [2.75, 3.05) is 51.8 Å². The van der Waals surface area contributed by atoms with Crippen molar-refractivity contribution in [2.24, 2.45) is 4.99 Å². The Morgan fingerprint density at radius 3 is 2.57 bits per heavy atom. The van der Waals surface area contributed by atoms with E-state index in [0.29, 0.717) is 12.3 Å². The third-order valence-electron chi connectivity index (χ3n) is 5.13. The maximum atomic E-state index is 10.1. The summed E-state index contributed by atoms with van der Waals surface area (Å²) in [7, 11) is 3.42. The topological polar surface area (TPSA) is 60.3 Å². The minimum atomic E-state index is 0.267. The van der Waals surface area contributed by atoms with Crippen LogP contribution in [-0.4, -0.2) is 62.8 Å². The Labute approximate surface area is 167 Å². The summed E-state index contributed by atoms with van der Waals surface area (Å²) in [6.45, 7) is 6.66. The molecule has 1 fully saturated rings. The van der Waals surface area contributed by atoms with Crippen LogP contribution in [-0.2, 0) is 6.42 Å². The lowest BCUT2D eigenvalue weighted by Crippen LogP contribution is -2.52. The summed E-state index contributed by atoms with van der Waals surface area (Å²) < 4.78 is 5.13. The number of ether oxygens (including phenoxy) is 1. The Kier molecular flexibility index (Phi) is 6.63. The van der Waals surface area contributed by atoms with Crippen LogP contribution >= 0.6 is 0 Å². The molecule has 0 radical (unpaired) electrons.